The minimum atomic E-state index is 0.984. The Morgan fingerprint density at radius 3 is 2.53 bits per heavy atom. The van der Waals surface area contributed by atoms with E-state index in [1.54, 1.807) is 7.11 Å². The second-order valence-electron chi connectivity index (χ2n) is 4.48. The predicted molar refractivity (Wildman–Crippen MR) is 82.9 cm³/mol. The smallest absolute Gasteiger partial charge is 0.140 e. The summed E-state index contributed by atoms with van der Waals surface area (Å²) in [5.41, 5.74) is 3.88. The molecule has 0 fully saturated rings. The van der Waals surface area contributed by atoms with Crippen molar-refractivity contribution in [1.82, 2.24) is 0 Å². The zero-order valence-corrected chi connectivity index (χ0v) is 11.7. The highest BCUT2D eigenvalue weighted by Crippen LogP contribution is 2.41. The van der Waals surface area contributed by atoms with Crippen LogP contribution in [0.2, 0.25) is 0 Å². The molecule has 2 heteroatoms. The van der Waals surface area contributed by atoms with Crippen molar-refractivity contribution in [2.75, 3.05) is 12.9 Å². The fourth-order valence-corrected chi connectivity index (χ4v) is 3.63. The van der Waals surface area contributed by atoms with Gasteiger partial charge in [0.15, 0.2) is 0 Å². The molecular weight excluding hydrogens is 252 g/mol. The third-order valence-corrected chi connectivity index (χ3v) is 4.43. The highest BCUT2D eigenvalue weighted by molar-refractivity contribution is 8.08. The maximum Gasteiger partial charge on any atom is 0.140 e. The summed E-state index contributed by atoms with van der Waals surface area (Å²) in [7, 11) is 1.76. The van der Waals surface area contributed by atoms with Crippen LogP contribution in [0, 0.1) is 0 Å². The van der Waals surface area contributed by atoms with Crippen LogP contribution in [0.3, 0.4) is 0 Å². The third kappa shape index (κ3) is 2.41. The maximum absolute atomic E-state index is 5.69. The third-order valence-electron chi connectivity index (χ3n) is 3.33. The highest BCUT2D eigenvalue weighted by Gasteiger charge is 2.19. The molecule has 0 aromatic heterocycles. The Balaban J connectivity index is 2.16. The molecule has 0 aliphatic carbocycles. The molecule has 0 saturated carbocycles. The number of fused-ring (bicyclic) bond motifs is 1. The first kappa shape index (κ1) is 12.4. The molecule has 0 spiro atoms. The van der Waals surface area contributed by atoms with Crippen molar-refractivity contribution in [1.29, 1.82) is 0 Å². The SMILES string of the molecule is COC(=C1SCCc2ccccc21)c1ccccc1. The number of methoxy groups -OCH3 is 1. The summed E-state index contributed by atoms with van der Waals surface area (Å²) in [6.45, 7) is 0. The van der Waals surface area contributed by atoms with Gasteiger partial charge in [0.2, 0.25) is 0 Å². The molecule has 0 bridgehead atoms. The Hall–Kier alpha value is -1.67. The first-order valence-corrected chi connectivity index (χ1v) is 7.43. The van der Waals surface area contributed by atoms with Gasteiger partial charge in [-0.05, 0) is 17.5 Å². The number of hydrogen-bond donors (Lipinski definition) is 0. The average Bonchev–Trinajstić information content (AvgIpc) is 2.49. The van der Waals surface area contributed by atoms with Crippen molar-refractivity contribution in [3.05, 3.63) is 71.3 Å². The van der Waals surface area contributed by atoms with Crippen molar-refractivity contribution in [3.8, 4) is 0 Å². The lowest BCUT2D eigenvalue weighted by Gasteiger charge is -2.21. The Morgan fingerprint density at radius 1 is 1.00 bits per heavy atom. The van der Waals surface area contributed by atoms with Crippen LogP contribution in [0.5, 0.6) is 0 Å². The van der Waals surface area contributed by atoms with Gasteiger partial charge in [0.05, 0.1) is 12.0 Å². The van der Waals surface area contributed by atoms with E-state index in [-0.39, 0.29) is 0 Å². The van der Waals surface area contributed by atoms with Gasteiger partial charge in [-0.15, -0.1) is 11.8 Å². The number of ether oxygens (including phenoxy) is 1. The van der Waals surface area contributed by atoms with Gasteiger partial charge in [-0.1, -0.05) is 54.6 Å². The standard InChI is InChI=1S/C17H16OS/c1-18-16(14-8-3-2-4-9-14)17-15-10-6-5-7-13(15)11-12-19-17/h2-10H,11-12H2,1H3. The average molecular weight is 268 g/mol. The maximum atomic E-state index is 5.69. The molecule has 3 rings (SSSR count). The van der Waals surface area contributed by atoms with E-state index in [9.17, 15) is 0 Å². The van der Waals surface area contributed by atoms with Gasteiger partial charge in [-0.2, -0.15) is 0 Å². The highest BCUT2D eigenvalue weighted by atomic mass is 32.2. The number of hydrogen-bond acceptors (Lipinski definition) is 2. The molecule has 96 valence electrons. The quantitative estimate of drug-likeness (QED) is 0.744. The van der Waals surface area contributed by atoms with Crippen LogP contribution in [0.1, 0.15) is 16.7 Å². The molecule has 1 aliphatic rings. The van der Waals surface area contributed by atoms with E-state index >= 15 is 0 Å². The fourth-order valence-electron chi connectivity index (χ4n) is 2.42. The second-order valence-corrected chi connectivity index (χ2v) is 5.59. The van der Waals surface area contributed by atoms with E-state index in [4.69, 9.17) is 4.74 Å². The normalized spacial score (nSPS) is 16.7. The van der Waals surface area contributed by atoms with Gasteiger partial charge in [0.25, 0.3) is 0 Å². The second kappa shape index (κ2) is 5.54. The molecule has 0 amide bonds. The van der Waals surface area contributed by atoms with Gasteiger partial charge in [-0.25, -0.2) is 0 Å². The van der Waals surface area contributed by atoms with Gasteiger partial charge in [-0.3, -0.25) is 0 Å². The van der Waals surface area contributed by atoms with E-state index in [0.29, 0.717) is 0 Å². The van der Waals surface area contributed by atoms with E-state index in [1.165, 1.54) is 16.0 Å². The monoisotopic (exact) mass is 268 g/mol. The molecule has 1 heterocycles. The van der Waals surface area contributed by atoms with Gasteiger partial charge in [0.1, 0.15) is 5.76 Å². The summed E-state index contributed by atoms with van der Waals surface area (Å²) in [6, 6.07) is 19.0. The molecule has 0 unspecified atom stereocenters. The minimum Gasteiger partial charge on any atom is -0.495 e. The van der Waals surface area contributed by atoms with E-state index < -0.39 is 0 Å². The van der Waals surface area contributed by atoms with Crippen molar-refractivity contribution in [2.24, 2.45) is 0 Å². The summed E-state index contributed by atoms with van der Waals surface area (Å²) >= 11 is 1.89. The molecule has 2 aromatic carbocycles. The van der Waals surface area contributed by atoms with Gasteiger partial charge in [0, 0.05) is 11.3 Å². The summed E-state index contributed by atoms with van der Waals surface area (Å²) in [6.07, 6.45) is 1.14. The first-order chi connectivity index (χ1) is 9.40. The number of benzene rings is 2. The van der Waals surface area contributed by atoms with Crippen LogP contribution in [0.25, 0.3) is 10.7 Å². The number of aryl methyl sites for hydroxylation is 1. The van der Waals surface area contributed by atoms with Crippen LogP contribution in [0.15, 0.2) is 54.6 Å². The fraction of sp³-hybridized carbons (Fsp3) is 0.176. The summed E-state index contributed by atoms with van der Waals surface area (Å²) in [5, 5.41) is 0. The van der Waals surface area contributed by atoms with Crippen molar-refractivity contribution in [3.63, 3.8) is 0 Å². The Labute approximate surface area is 118 Å². The summed E-state index contributed by atoms with van der Waals surface area (Å²) in [4.78, 5) is 1.26. The van der Waals surface area contributed by atoms with Crippen molar-refractivity contribution in [2.45, 2.75) is 6.42 Å². The minimum absolute atomic E-state index is 0.984. The Kier molecular flexibility index (Phi) is 3.60. The molecular formula is C17H16OS. The van der Waals surface area contributed by atoms with Crippen LogP contribution in [0.4, 0.5) is 0 Å². The summed E-state index contributed by atoms with van der Waals surface area (Å²) in [5.74, 6) is 2.10. The molecule has 0 saturated heterocycles. The molecule has 0 atom stereocenters. The Bertz CT molecular complexity index is 602. The van der Waals surface area contributed by atoms with Gasteiger partial charge >= 0.3 is 0 Å². The lowest BCUT2D eigenvalue weighted by atomic mass is 10.0. The van der Waals surface area contributed by atoms with E-state index in [0.717, 1.165) is 23.5 Å². The van der Waals surface area contributed by atoms with Crippen molar-refractivity contribution >= 4 is 22.4 Å². The van der Waals surface area contributed by atoms with E-state index in [2.05, 4.69) is 36.4 Å². The molecule has 0 radical (unpaired) electrons. The van der Waals surface area contributed by atoms with Gasteiger partial charge < -0.3 is 4.74 Å². The largest absolute Gasteiger partial charge is 0.495 e. The lowest BCUT2D eigenvalue weighted by molar-refractivity contribution is 0.372. The number of thioether (sulfide) groups is 1. The summed E-state index contributed by atoms with van der Waals surface area (Å²) < 4.78 is 5.69. The van der Waals surface area contributed by atoms with Crippen LogP contribution < -0.4 is 0 Å². The lowest BCUT2D eigenvalue weighted by Crippen LogP contribution is -2.04. The Morgan fingerprint density at radius 2 is 1.74 bits per heavy atom. The zero-order chi connectivity index (χ0) is 13.1. The predicted octanol–water partition coefficient (Wildman–Crippen LogP) is 4.45. The van der Waals surface area contributed by atoms with Crippen LogP contribution >= 0.6 is 11.8 Å². The van der Waals surface area contributed by atoms with E-state index in [1.807, 2.05) is 30.0 Å². The van der Waals surface area contributed by atoms with Crippen molar-refractivity contribution < 1.29 is 4.74 Å². The van der Waals surface area contributed by atoms with Crippen LogP contribution in [-0.4, -0.2) is 12.9 Å². The van der Waals surface area contributed by atoms with Crippen LogP contribution in [-0.2, 0) is 11.2 Å². The first-order valence-electron chi connectivity index (χ1n) is 6.45. The zero-order valence-electron chi connectivity index (χ0n) is 10.9. The topological polar surface area (TPSA) is 9.23 Å². The number of rotatable bonds is 2. The molecule has 1 aliphatic heterocycles. The molecule has 1 nitrogen and oxygen atoms in total. The molecule has 2 aromatic rings. The molecule has 0 N–H and O–H groups in total. The molecule has 19 heavy (non-hydrogen) atoms.